The normalized spacial score (nSPS) is 15.1. The van der Waals surface area contributed by atoms with Crippen LogP contribution in [0.5, 0.6) is 0 Å². The molecule has 1 unspecified atom stereocenters. The second kappa shape index (κ2) is 5.82. The quantitative estimate of drug-likeness (QED) is 0.607. The lowest BCUT2D eigenvalue weighted by molar-refractivity contribution is -0.222. The molecular weight excluding hydrogens is 334 g/mol. The largest absolute Gasteiger partial charge is 0.426 e. The third-order valence-electron chi connectivity index (χ3n) is 1.88. The van der Waals surface area contributed by atoms with Crippen LogP contribution in [0.2, 0.25) is 0 Å². The topological polar surface area (TPSA) is 43.4 Å². The maximum atomic E-state index is 13.0. The highest BCUT2D eigenvalue weighted by Crippen LogP contribution is 2.40. The van der Waals surface area contributed by atoms with E-state index in [-0.39, 0.29) is 16.9 Å². The fourth-order valence-electron chi connectivity index (χ4n) is 0.923. The number of alkyl halides is 6. The summed E-state index contributed by atoms with van der Waals surface area (Å²) in [7, 11) is -6.11. The van der Waals surface area contributed by atoms with E-state index in [9.17, 15) is 34.8 Å². The van der Waals surface area contributed by atoms with Crippen LogP contribution in [0.4, 0.5) is 26.3 Å². The molecule has 0 aliphatic heterocycles. The van der Waals surface area contributed by atoms with Crippen molar-refractivity contribution >= 4 is 22.2 Å². The van der Waals surface area contributed by atoms with E-state index in [1.165, 1.54) is 30.3 Å². The Morgan fingerprint density at radius 1 is 1.05 bits per heavy atom. The Bertz CT molecular complexity index is 543. The standard InChI is InChI=1S/C9H6F6O3S2/c10-7(8(11,12)13)9(14,15)20(16,17)18-19-6-4-2-1-3-5-6/h1-5,7H. The Hall–Kier alpha value is -0.940. The van der Waals surface area contributed by atoms with Crippen LogP contribution in [0.1, 0.15) is 0 Å². The van der Waals surface area contributed by atoms with Crippen LogP contribution in [-0.2, 0) is 13.7 Å². The average Bonchev–Trinajstić information content (AvgIpc) is 2.35. The monoisotopic (exact) mass is 340 g/mol. The maximum absolute atomic E-state index is 13.0. The molecule has 0 aliphatic rings. The van der Waals surface area contributed by atoms with Gasteiger partial charge in [0, 0.05) is 16.9 Å². The highest BCUT2D eigenvalue weighted by molar-refractivity contribution is 8.04. The first-order valence-electron chi connectivity index (χ1n) is 4.73. The Kier molecular flexibility index (Phi) is 4.98. The van der Waals surface area contributed by atoms with Crippen molar-refractivity contribution in [2.75, 3.05) is 0 Å². The fraction of sp³-hybridized carbons (Fsp3) is 0.333. The van der Waals surface area contributed by atoms with E-state index in [4.69, 9.17) is 0 Å². The molecule has 0 radical (unpaired) electrons. The minimum atomic E-state index is -6.11. The minimum Gasteiger partial charge on any atom is -0.229 e. The van der Waals surface area contributed by atoms with Gasteiger partial charge >= 0.3 is 21.5 Å². The third kappa shape index (κ3) is 3.79. The van der Waals surface area contributed by atoms with Crippen LogP contribution in [-0.4, -0.2) is 26.0 Å². The Morgan fingerprint density at radius 3 is 2.00 bits per heavy atom. The number of hydrogen-bond donors (Lipinski definition) is 0. The van der Waals surface area contributed by atoms with Crippen molar-refractivity contribution in [2.24, 2.45) is 0 Å². The lowest BCUT2D eigenvalue weighted by Gasteiger charge is -2.21. The van der Waals surface area contributed by atoms with Crippen LogP contribution in [0, 0.1) is 0 Å². The van der Waals surface area contributed by atoms with Gasteiger partial charge in [0.2, 0.25) is 0 Å². The highest BCUT2D eigenvalue weighted by Gasteiger charge is 2.65. The zero-order chi connectivity index (χ0) is 15.6. The summed E-state index contributed by atoms with van der Waals surface area (Å²) < 4.78 is 99.7. The summed E-state index contributed by atoms with van der Waals surface area (Å²) in [4.78, 5) is 0.0364. The summed E-state index contributed by atoms with van der Waals surface area (Å²) in [5, 5.41) is -5.74. The summed E-state index contributed by atoms with van der Waals surface area (Å²) in [6.45, 7) is 0. The predicted molar refractivity (Wildman–Crippen MR) is 58.2 cm³/mol. The molecule has 11 heteroatoms. The van der Waals surface area contributed by atoms with Crippen molar-refractivity contribution < 1.29 is 38.4 Å². The van der Waals surface area contributed by atoms with Gasteiger partial charge in [-0.25, -0.2) is 4.39 Å². The molecule has 0 heterocycles. The van der Waals surface area contributed by atoms with Gasteiger partial charge in [-0.1, -0.05) is 18.2 Å². The molecule has 0 aromatic heterocycles. The second-order valence-electron chi connectivity index (χ2n) is 3.38. The van der Waals surface area contributed by atoms with Crippen molar-refractivity contribution in [1.82, 2.24) is 0 Å². The summed E-state index contributed by atoms with van der Waals surface area (Å²) >= 11 is -0.120. The van der Waals surface area contributed by atoms with E-state index in [1.807, 2.05) is 0 Å². The van der Waals surface area contributed by atoms with Crippen LogP contribution in [0.25, 0.3) is 0 Å². The molecule has 0 N–H and O–H groups in total. The third-order valence-corrected chi connectivity index (χ3v) is 4.21. The van der Waals surface area contributed by atoms with E-state index in [2.05, 4.69) is 3.63 Å². The van der Waals surface area contributed by atoms with Gasteiger partial charge in [0.05, 0.1) is 0 Å². The Morgan fingerprint density at radius 2 is 1.55 bits per heavy atom. The van der Waals surface area contributed by atoms with Gasteiger partial charge in [-0.3, -0.25) is 0 Å². The molecule has 20 heavy (non-hydrogen) atoms. The molecule has 1 atom stereocenters. The smallest absolute Gasteiger partial charge is 0.229 e. The number of rotatable bonds is 5. The first-order chi connectivity index (χ1) is 8.98. The summed E-state index contributed by atoms with van der Waals surface area (Å²) in [6.07, 6.45) is -10.9. The minimum absolute atomic E-state index is 0.0364. The molecule has 1 rings (SSSR count). The molecule has 0 amide bonds. The first kappa shape index (κ1) is 17.1. The van der Waals surface area contributed by atoms with Crippen molar-refractivity contribution in [1.29, 1.82) is 0 Å². The van der Waals surface area contributed by atoms with E-state index in [1.54, 1.807) is 0 Å². The lowest BCUT2D eigenvalue weighted by Crippen LogP contribution is -2.47. The average molecular weight is 340 g/mol. The molecule has 1 aromatic carbocycles. The zero-order valence-electron chi connectivity index (χ0n) is 9.27. The Balaban J connectivity index is 2.88. The molecule has 0 fully saturated rings. The van der Waals surface area contributed by atoms with Gasteiger partial charge in [0.1, 0.15) is 0 Å². The van der Waals surface area contributed by atoms with Crippen molar-refractivity contribution in [3.63, 3.8) is 0 Å². The van der Waals surface area contributed by atoms with E-state index in [0.717, 1.165) is 0 Å². The number of hydrogen-bond acceptors (Lipinski definition) is 4. The van der Waals surface area contributed by atoms with Crippen LogP contribution < -0.4 is 0 Å². The molecule has 0 aliphatic carbocycles. The number of benzene rings is 1. The van der Waals surface area contributed by atoms with E-state index >= 15 is 0 Å². The molecule has 1 aromatic rings. The summed E-state index contributed by atoms with van der Waals surface area (Å²) in [5.74, 6) is 0. The van der Waals surface area contributed by atoms with Gasteiger partial charge in [-0.05, 0) is 12.1 Å². The predicted octanol–water partition coefficient (Wildman–Crippen LogP) is 3.53. The van der Waals surface area contributed by atoms with E-state index < -0.39 is 27.7 Å². The van der Waals surface area contributed by atoms with Gasteiger partial charge < -0.3 is 0 Å². The van der Waals surface area contributed by atoms with Crippen molar-refractivity contribution in [3.8, 4) is 0 Å². The number of halogens is 6. The summed E-state index contributed by atoms with van der Waals surface area (Å²) in [5.41, 5.74) is 0. The molecule has 3 nitrogen and oxygen atoms in total. The summed E-state index contributed by atoms with van der Waals surface area (Å²) in [6, 6.07) is 6.85. The molecule has 0 bridgehead atoms. The van der Waals surface area contributed by atoms with Crippen molar-refractivity contribution in [3.05, 3.63) is 30.3 Å². The van der Waals surface area contributed by atoms with Gasteiger partial charge in [0.25, 0.3) is 6.17 Å². The van der Waals surface area contributed by atoms with Gasteiger partial charge in [-0.15, -0.1) is 0 Å². The molecule has 114 valence electrons. The highest BCUT2D eigenvalue weighted by atomic mass is 32.3. The maximum Gasteiger partial charge on any atom is 0.426 e. The molecule has 0 saturated carbocycles. The zero-order valence-corrected chi connectivity index (χ0v) is 10.9. The fourth-order valence-corrected chi connectivity index (χ4v) is 2.61. The van der Waals surface area contributed by atoms with Crippen molar-refractivity contribution in [2.45, 2.75) is 22.5 Å². The molecular formula is C9H6F6O3S2. The van der Waals surface area contributed by atoms with Gasteiger partial charge in [-0.2, -0.15) is 34.0 Å². The molecule has 0 spiro atoms. The van der Waals surface area contributed by atoms with Crippen LogP contribution >= 0.6 is 12.0 Å². The van der Waals surface area contributed by atoms with E-state index in [0.29, 0.717) is 0 Å². The first-order valence-corrected chi connectivity index (χ1v) is 6.88. The van der Waals surface area contributed by atoms with Crippen LogP contribution in [0.15, 0.2) is 35.2 Å². The lowest BCUT2D eigenvalue weighted by atomic mass is 10.4. The Labute approximate surface area is 114 Å². The second-order valence-corrected chi connectivity index (χ2v) is 6.02. The SMILES string of the molecule is O=S(=O)(OSc1ccccc1)C(F)(F)C(F)C(F)(F)F. The van der Waals surface area contributed by atoms with Crippen LogP contribution in [0.3, 0.4) is 0 Å². The van der Waals surface area contributed by atoms with Gasteiger partial charge in [0.15, 0.2) is 0 Å². The molecule has 0 saturated heterocycles.